The van der Waals surface area contributed by atoms with Crippen LogP contribution < -0.4 is 10.1 Å². The van der Waals surface area contributed by atoms with Crippen molar-refractivity contribution in [3.8, 4) is 11.5 Å². The SMILES string of the molecule is CC1(C)OC[C@H](C(O)CNCc2ccc(Oc3cccc(Cl)c3)cc2)O1. The van der Waals surface area contributed by atoms with Crippen molar-refractivity contribution in [2.24, 2.45) is 0 Å². The van der Waals surface area contributed by atoms with Crippen LogP contribution >= 0.6 is 11.6 Å². The Bertz CT molecular complexity index is 720. The third-order valence-corrected chi connectivity index (χ3v) is 4.33. The van der Waals surface area contributed by atoms with E-state index in [-0.39, 0.29) is 6.10 Å². The highest BCUT2D eigenvalue weighted by Crippen LogP contribution is 2.25. The Hall–Kier alpha value is -1.63. The number of aliphatic hydroxyl groups is 1. The Morgan fingerprint density at radius 2 is 2.00 bits per heavy atom. The maximum atomic E-state index is 10.2. The molecule has 2 N–H and O–H groups in total. The Kier molecular flexibility index (Phi) is 6.16. The second kappa shape index (κ2) is 8.37. The number of hydrogen-bond donors (Lipinski definition) is 2. The number of halogens is 1. The highest BCUT2D eigenvalue weighted by molar-refractivity contribution is 6.30. The molecule has 140 valence electrons. The van der Waals surface area contributed by atoms with E-state index in [1.54, 1.807) is 12.1 Å². The number of nitrogens with one attached hydrogen (secondary N) is 1. The van der Waals surface area contributed by atoms with E-state index < -0.39 is 11.9 Å². The van der Waals surface area contributed by atoms with Gasteiger partial charge in [0.25, 0.3) is 0 Å². The lowest BCUT2D eigenvalue weighted by molar-refractivity contribution is -0.150. The van der Waals surface area contributed by atoms with Gasteiger partial charge in [0.05, 0.1) is 12.7 Å². The first-order chi connectivity index (χ1) is 12.4. The fraction of sp³-hybridized carbons (Fsp3) is 0.400. The zero-order valence-corrected chi connectivity index (χ0v) is 15.7. The first-order valence-electron chi connectivity index (χ1n) is 8.64. The van der Waals surface area contributed by atoms with Crippen LogP contribution in [0.2, 0.25) is 5.02 Å². The molecule has 2 aromatic carbocycles. The van der Waals surface area contributed by atoms with Crippen LogP contribution in [0.4, 0.5) is 0 Å². The summed E-state index contributed by atoms with van der Waals surface area (Å²) in [6.45, 7) is 5.18. The van der Waals surface area contributed by atoms with Gasteiger partial charge in [-0.1, -0.05) is 29.8 Å². The molecule has 0 aromatic heterocycles. The van der Waals surface area contributed by atoms with Crippen molar-refractivity contribution in [3.05, 3.63) is 59.1 Å². The second-order valence-electron chi connectivity index (χ2n) is 6.77. The number of benzene rings is 2. The highest BCUT2D eigenvalue weighted by atomic mass is 35.5. The van der Waals surface area contributed by atoms with E-state index in [1.807, 2.05) is 50.2 Å². The quantitative estimate of drug-likeness (QED) is 0.769. The molecular weight excluding hydrogens is 354 g/mol. The molecule has 5 nitrogen and oxygen atoms in total. The van der Waals surface area contributed by atoms with Crippen LogP contribution in [-0.4, -0.2) is 36.3 Å². The van der Waals surface area contributed by atoms with E-state index in [2.05, 4.69) is 5.32 Å². The van der Waals surface area contributed by atoms with E-state index in [0.29, 0.717) is 30.5 Å². The van der Waals surface area contributed by atoms with Crippen molar-refractivity contribution in [1.82, 2.24) is 5.32 Å². The molecule has 2 atom stereocenters. The molecule has 2 aromatic rings. The minimum Gasteiger partial charge on any atom is -0.457 e. The van der Waals surface area contributed by atoms with Crippen LogP contribution in [0.5, 0.6) is 11.5 Å². The summed E-state index contributed by atoms with van der Waals surface area (Å²) >= 11 is 5.96. The summed E-state index contributed by atoms with van der Waals surface area (Å²) < 4.78 is 16.9. The molecule has 1 aliphatic rings. The van der Waals surface area contributed by atoms with E-state index in [4.69, 9.17) is 25.8 Å². The molecule has 0 bridgehead atoms. The van der Waals surface area contributed by atoms with Crippen LogP contribution in [0.1, 0.15) is 19.4 Å². The van der Waals surface area contributed by atoms with Crippen molar-refractivity contribution < 1.29 is 19.3 Å². The molecule has 0 spiro atoms. The van der Waals surface area contributed by atoms with Crippen LogP contribution in [0, 0.1) is 0 Å². The molecule has 0 aliphatic carbocycles. The lowest BCUT2D eigenvalue weighted by Gasteiger charge is -2.20. The third-order valence-electron chi connectivity index (χ3n) is 4.10. The summed E-state index contributed by atoms with van der Waals surface area (Å²) in [6, 6.07) is 15.1. The molecule has 1 fully saturated rings. The van der Waals surface area contributed by atoms with Crippen LogP contribution in [0.15, 0.2) is 48.5 Å². The normalized spacial score (nSPS) is 20.1. The van der Waals surface area contributed by atoms with E-state index >= 15 is 0 Å². The summed E-state index contributed by atoms with van der Waals surface area (Å²) in [4.78, 5) is 0. The van der Waals surface area contributed by atoms with E-state index in [9.17, 15) is 5.11 Å². The topological polar surface area (TPSA) is 60.0 Å². The molecule has 1 unspecified atom stereocenters. The van der Waals surface area contributed by atoms with Gasteiger partial charge in [-0.25, -0.2) is 0 Å². The molecule has 0 saturated carbocycles. The smallest absolute Gasteiger partial charge is 0.163 e. The summed E-state index contributed by atoms with van der Waals surface area (Å²) in [5, 5.41) is 14.1. The van der Waals surface area contributed by atoms with Gasteiger partial charge in [-0.2, -0.15) is 0 Å². The highest BCUT2D eigenvalue weighted by Gasteiger charge is 2.36. The molecule has 1 saturated heterocycles. The standard InChI is InChI=1S/C20H24ClNO4/c1-20(2)24-13-19(26-20)18(23)12-22-11-14-6-8-16(9-7-14)25-17-5-3-4-15(21)10-17/h3-10,18-19,22-23H,11-13H2,1-2H3/t18?,19-/m1/s1. The van der Waals surface area contributed by atoms with Gasteiger partial charge in [-0.15, -0.1) is 0 Å². The summed E-state index contributed by atoms with van der Waals surface area (Å²) in [5.41, 5.74) is 1.10. The van der Waals surface area contributed by atoms with Crippen LogP contribution in [0.25, 0.3) is 0 Å². The molecule has 6 heteroatoms. The fourth-order valence-electron chi connectivity index (χ4n) is 2.74. The number of rotatable bonds is 7. The lowest BCUT2D eigenvalue weighted by atomic mass is 10.2. The van der Waals surface area contributed by atoms with Gasteiger partial charge in [-0.3, -0.25) is 0 Å². The van der Waals surface area contributed by atoms with Crippen molar-refractivity contribution in [1.29, 1.82) is 0 Å². The maximum absolute atomic E-state index is 10.2. The van der Waals surface area contributed by atoms with Gasteiger partial charge in [0.1, 0.15) is 17.6 Å². The van der Waals surface area contributed by atoms with Crippen molar-refractivity contribution in [2.75, 3.05) is 13.2 Å². The van der Waals surface area contributed by atoms with Crippen molar-refractivity contribution >= 4 is 11.6 Å². The van der Waals surface area contributed by atoms with Gasteiger partial charge in [-0.05, 0) is 49.7 Å². The monoisotopic (exact) mass is 377 g/mol. The van der Waals surface area contributed by atoms with E-state index in [1.165, 1.54) is 0 Å². The fourth-order valence-corrected chi connectivity index (χ4v) is 2.92. The maximum Gasteiger partial charge on any atom is 0.163 e. The largest absolute Gasteiger partial charge is 0.457 e. The Morgan fingerprint density at radius 3 is 2.65 bits per heavy atom. The summed E-state index contributed by atoms with van der Waals surface area (Å²) in [7, 11) is 0. The minimum atomic E-state index is -0.621. The van der Waals surface area contributed by atoms with Crippen LogP contribution in [-0.2, 0) is 16.0 Å². The van der Waals surface area contributed by atoms with Gasteiger partial charge in [0.2, 0.25) is 0 Å². The number of hydrogen-bond acceptors (Lipinski definition) is 5. The average Bonchev–Trinajstić information content (AvgIpc) is 2.96. The molecule has 0 amide bonds. The molecular formula is C20H24ClNO4. The van der Waals surface area contributed by atoms with Crippen molar-refractivity contribution in [3.63, 3.8) is 0 Å². The average molecular weight is 378 g/mol. The predicted molar refractivity (Wildman–Crippen MR) is 101 cm³/mol. The number of aliphatic hydroxyl groups excluding tert-OH is 1. The van der Waals surface area contributed by atoms with Crippen LogP contribution in [0.3, 0.4) is 0 Å². The first-order valence-corrected chi connectivity index (χ1v) is 9.02. The molecule has 0 radical (unpaired) electrons. The molecule has 26 heavy (non-hydrogen) atoms. The summed E-state index contributed by atoms with van der Waals surface area (Å²) in [6.07, 6.45) is -0.909. The summed E-state index contributed by atoms with van der Waals surface area (Å²) in [5.74, 6) is 0.827. The Labute approximate surface area is 158 Å². The van der Waals surface area contributed by atoms with Gasteiger partial charge in [0.15, 0.2) is 5.79 Å². The minimum absolute atomic E-state index is 0.300. The van der Waals surface area contributed by atoms with Crippen molar-refractivity contribution in [2.45, 2.75) is 38.4 Å². The number of ether oxygens (including phenoxy) is 3. The molecule has 1 aliphatic heterocycles. The van der Waals surface area contributed by atoms with Gasteiger partial charge < -0.3 is 24.6 Å². The van der Waals surface area contributed by atoms with E-state index in [0.717, 1.165) is 11.3 Å². The molecule has 1 heterocycles. The van der Waals surface area contributed by atoms with Gasteiger partial charge >= 0.3 is 0 Å². The third kappa shape index (κ3) is 5.43. The second-order valence-corrected chi connectivity index (χ2v) is 7.21. The van der Waals surface area contributed by atoms with Gasteiger partial charge in [0, 0.05) is 18.1 Å². The lowest BCUT2D eigenvalue weighted by Crippen LogP contribution is -2.38. The zero-order valence-electron chi connectivity index (χ0n) is 14.9. The predicted octanol–water partition coefficient (Wildman–Crippen LogP) is 3.73. The zero-order chi connectivity index (χ0) is 18.6. The Balaban J connectivity index is 1.44. The molecule has 3 rings (SSSR count). The first kappa shape index (κ1) is 19.1. The Morgan fingerprint density at radius 1 is 1.23 bits per heavy atom.